The summed E-state index contributed by atoms with van der Waals surface area (Å²) in [6.45, 7) is 5.98. The summed E-state index contributed by atoms with van der Waals surface area (Å²) in [6, 6.07) is 6.34. The number of fused-ring (bicyclic) bond motifs is 1. The van der Waals surface area contributed by atoms with Crippen LogP contribution < -0.4 is 10.1 Å². The number of benzene rings is 1. The summed E-state index contributed by atoms with van der Waals surface area (Å²) in [5, 5.41) is 3.30. The number of ether oxygens (including phenoxy) is 3. The van der Waals surface area contributed by atoms with E-state index in [2.05, 4.69) is 30.4 Å². The lowest BCUT2D eigenvalue weighted by molar-refractivity contribution is -0.0440. The summed E-state index contributed by atoms with van der Waals surface area (Å²) in [5.41, 5.74) is 2.58. The van der Waals surface area contributed by atoms with Crippen molar-refractivity contribution in [2.75, 3.05) is 32.9 Å². The van der Waals surface area contributed by atoms with E-state index in [0.717, 1.165) is 31.9 Å². The van der Waals surface area contributed by atoms with E-state index in [4.69, 9.17) is 14.2 Å². The first-order valence-electron chi connectivity index (χ1n) is 6.97. The molecule has 4 nitrogen and oxygen atoms in total. The maximum atomic E-state index is 5.87. The molecule has 0 spiro atoms. The van der Waals surface area contributed by atoms with Crippen molar-refractivity contribution < 1.29 is 14.2 Å². The molecule has 0 bridgehead atoms. The fourth-order valence-electron chi connectivity index (χ4n) is 2.60. The monoisotopic (exact) mass is 263 g/mol. The van der Waals surface area contributed by atoms with Gasteiger partial charge in [0.1, 0.15) is 11.9 Å². The van der Waals surface area contributed by atoms with Crippen molar-refractivity contribution in [3.63, 3.8) is 0 Å². The summed E-state index contributed by atoms with van der Waals surface area (Å²) < 4.78 is 17.2. The standard InChI is InChI=1S/C15H21NO3/c1-11-2-3-15-12(6-11)7-13(19-15)9-17-10-14-8-16-4-5-18-14/h2-3,6,13-14,16H,4-5,7-10H2,1H3. The highest BCUT2D eigenvalue weighted by Gasteiger charge is 2.23. The minimum atomic E-state index is 0.147. The normalized spacial score (nSPS) is 25.9. The first-order valence-corrected chi connectivity index (χ1v) is 6.97. The maximum Gasteiger partial charge on any atom is 0.126 e. The molecule has 2 unspecified atom stereocenters. The molecule has 1 N–H and O–H groups in total. The zero-order valence-corrected chi connectivity index (χ0v) is 11.4. The minimum absolute atomic E-state index is 0.147. The van der Waals surface area contributed by atoms with Gasteiger partial charge < -0.3 is 19.5 Å². The lowest BCUT2D eigenvalue weighted by Crippen LogP contribution is -2.41. The highest BCUT2D eigenvalue weighted by molar-refractivity contribution is 5.40. The van der Waals surface area contributed by atoms with Crippen LogP contribution in [-0.2, 0) is 15.9 Å². The Morgan fingerprint density at radius 3 is 3.05 bits per heavy atom. The number of hydrogen-bond acceptors (Lipinski definition) is 4. The van der Waals surface area contributed by atoms with Crippen LogP contribution in [0.4, 0.5) is 0 Å². The molecule has 1 aromatic rings. The molecular weight excluding hydrogens is 242 g/mol. The summed E-state index contributed by atoms with van der Waals surface area (Å²) in [7, 11) is 0. The van der Waals surface area contributed by atoms with Gasteiger partial charge in [0, 0.05) is 19.5 Å². The molecule has 0 amide bonds. The van der Waals surface area contributed by atoms with E-state index < -0.39 is 0 Å². The Bertz CT molecular complexity index is 429. The Kier molecular flexibility index (Phi) is 4.01. The van der Waals surface area contributed by atoms with E-state index in [1.807, 2.05) is 0 Å². The fourth-order valence-corrected chi connectivity index (χ4v) is 2.60. The Morgan fingerprint density at radius 1 is 1.32 bits per heavy atom. The molecule has 0 aliphatic carbocycles. The molecule has 1 aromatic carbocycles. The van der Waals surface area contributed by atoms with Crippen molar-refractivity contribution in [3.05, 3.63) is 29.3 Å². The van der Waals surface area contributed by atoms with Crippen LogP contribution in [0.3, 0.4) is 0 Å². The SMILES string of the molecule is Cc1ccc2c(c1)CC(COCC1CNCCO1)O2. The van der Waals surface area contributed by atoms with Crippen molar-refractivity contribution in [3.8, 4) is 5.75 Å². The van der Waals surface area contributed by atoms with Crippen molar-refractivity contribution in [2.45, 2.75) is 25.6 Å². The molecule has 4 heteroatoms. The molecule has 2 heterocycles. The number of aryl methyl sites for hydroxylation is 1. The first kappa shape index (κ1) is 12.9. The number of morpholine rings is 1. The quantitative estimate of drug-likeness (QED) is 0.889. The minimum Gasteiger partial charge on any atom is -0.487 e. The molecule has 19 heavy (non-hydrogen) atoms. The summed E-state index contributed by atoms with van der Waals surface area (Å²) in [4.78, 5) is 0. The van der Waals surface area contributed by atoms with Gasteiger partial charge in [-0.3, -0.25) is 0 Å². The first-order chi connectivity index (χ1) is 9.31. The zero-order valence-electron chi connectivity index (χ0n) is 11.4. The predicted octanol–water partition coefficient (Wildman–Crippen LogP) is 1.30. The molecule has 2 atom stereocenters. The molecule has 0 saturated carbocycles. The third-order valence-corrected chi connectivity index (χ3v) is 3.57. The maximum absolute atomic E-state index is 5.87. The van der Waals surface area contributed by atoms with Gasteiger partial charge in [-0.2, -0.15) is 0 Å². The zero-order chi connectivity index (χ0) is 13.1. The largest absolute Gasteiger partial charge is 0.487 e. The molecule has 0 aromatic heterocycles. The van der Waals surface area contributed by atoms with Gasteiger partial charge >= 0.3 is 0 Å². The molecule has 1 fully saturated rings. The highest BCUT2D eigenvalue weighted by atomic mass is 16.6. The number of rotatable bonds is 4. The van der Waals surface area contributed by atoms with Gasteiger partial charge in [-0.05, 0) is 18.6 Å². The Hall–Kier alpha value is -1.10. The van der Waals surface area contributed by atoms with Gasteiger partial charge in [-0.1, -0.05) is 17.7 Å². The molecule has 2 aliphatic rings. The second-order valence-corrected chi connectivity index (χ2v) is 5.29. The van der Waals surface area contributed by atoms with Crippen LogP contribution in [0.1, 0.15) is 11.1 Å². The number of nitrogens with one attached hydrogen (secondary N) is 1. The summed E-state index contributed by atoms with van der Waals surface area (Å²) in [5.74, 6) is 1.01. The average Bonchev–Trinajstić information content (AvgIpc) is 2.82. The fraction of sp³-hybridized carbons (Fsp3) is 0.600. The van der Waals surface area contributed by atoms with Crippen molar-refractivity contribution in [2.24, 2.45) is 0 Å². The molecular formula is C15H21NO3. The van der Waals surface area contributed by atoms with Crippen LogP contribution in [0.2, 0.25) is 0 Å². The van der Waals surface area contributed by atoms with Gasteiger partial charge in [0.25, 0.3) is 0 Å². The van der Waals surface area contributed by atoms with E-state index in [-0.39, 0.29) is 12.2 Å². The lowest BCUT2D eigenvalue weighted by atomic mass is 10.1. The third kappa shape index (κ3) is 3.26. The van der Waals surface area contributed by atoms with Gasteiger partial charge in [-0.15, -0.1) is 0 Å². The predicted molar refractivity (Wildman–Crippen MR) is 72.7 cm³/mol. The lowest BCUT2D eigenvalue weighted by Gasteiger charge is -2.23. The van der Waals surface area contributed by atoms with Crippen LogP contribution in [-0.4, -0.2) is 45.1 Å². The van der Waals surface area contributed by atoms with E-state index in [1.165, 1.54) is 11.1 Å². The van der Waals surface area contributed by atoms with Crippen LogP contribution in [0.15, 0.2) is 18.2 Å². The third-order valence-electron chi connectivity index (χ3n) is 3.57. The van der Waals surface area contributed by atoms with Crippen molar-refractivity contribution in [1.29, 1.82) is 0 Å². The van der Waals surface area contributed by atoms with Gasteiger partial charge in [0.05, 0.1) is 25.9 Å². The van der Waals surface area contributed by atoms with Gasteiger partial charge in [-0.25, -0.2) is 0 Å². The Labute approximate surface area is 114 Å². The van der Waals surface area contributed by atoms with Crippen LogP contribution >= 0.6 is 0 Å². The van der Waals surface area contributed by atoms with Crippen LogP contribution in [0, 0.1) is 6.92 Å². The second kappa shape index (κ2) is 5.90. The Morgan fingerprint density at radius 2 is 2.21 bits per heavy atom. The molecule has 0 radical (unpaired) electrons. The van der Waals surface area contributed by atoms with E-state index in [9.17, 15) is 0 Å². The molecule has 1 saturated heterocycles. The second-order valence-electron chi connectivity index (χ2n) is 5.29. The number of hydrogen-bond donors (Lipinski definition) is 1. The van der Waals surface area contributed by atoms with E-state index >= 15 is 0 Å². The Balaban J connectivity index is 1.43. The van der Waals surface area contributed by atoms with Gasteiger partial charge in [0.2, 0.25) is 0 Å². The summed E-state index contributed by atoms with van der Waals surface area (Å²) >= 11 is 0. The topological polar surface area (TPSA) is 39.7 Å². The van der Waals surface area contributed by atoms with Crippen molar-refractivity contribution >= 4 is 0 Å². The average molecular weight is 263 g/mol. The van der Waals surface area contributed by atoms with Crippen LogP contribution in [0.25, 0.3) is 0 Å². The summed E-state index contributed by atoms with van der Waals surface area (Å²) in [6.07, 6.45) is 1.27. The van der Waals surface area contributed by atoms with E-state index in [1.54, 1.807) is 0 Å². The van der Waals surface area contributed by atoms with Crippen LogP contribution in [0.5, 0.6) is 5.75 Å². The van der Waals surface area contributed by atoms with Crippen molar-refractivity contribution in [1.82, 2.24) is 5.32 Å². The molecule has 3 rings (SSSR count). The smallest absolute Gasteiger partial charge is 0.126 e. The highest BCUT2D eigenvalue weighted by Crippen LogP contribution is 2.29. The molecule has 2 aliphatic heterocycles. The van der Waals surface area contributed by atoms with Gasteiger partial charge in [0.15, 0.2) is 0 Å². The molecule has 104 valence electrons. The van der Waals surface area contributed by atoms with E-state index in [0.29, 0.717) is 13.2 Å².